The number of furan rings is 1. The van der Waals surface area contributed by atoms with Crippen molar-refractivity contribution in [2.75, 3.05) is 19.7 Å². The average Bonchev–Trinajstić information content (AvgIpc) is 3.24. The molecule has 0 saturated carbocycles. The van der Waals surface area contributed by atoms with Crippen molar-refractivity contribution in [2.45, 2.75) is 32.2 Å². The second-order valence-corrected chi connectivity index (χ2v) is 5.95. The van der Waals surface area contributed by atoms with Crippen LogP contribution in [0.4, 0.5) is 0 Å². The first kappa shape index (κ1) is 17.1. The molecule has 25 heavy (non-hydrogen) atoms. The van der Waals surface area contributed by atoms with Gasteiger partial charge in [0.15, 0.2) is 5.76 Å². The minimum absolute atomic E-state index is 0.0564. The molecule has 0 spiro atoms. The molecule has 1 fully saturated rings. The van der Waals surface area contributed by atoms with E-state index in [0.29, 0.717) is 25.6 Å². The molecule has 1 amide bonds. The number of aliphatic carboxylic acids is 1. The Morgan fingerprint density at radius 2 is 2.24 bits per heavy atom. The smallest absolute Gasteiger partial charge is 0.325 e. The van der Waals surface area contributed by atoms with Gasteiger partial charge in [-0.25, -0.2) is 0 Å². The van der Waals surface area contributed by atoms with Gasteiger partial charge in [-0.05, 0) is 31.9 Å². The van der Waals surface area contributed by atoms with Crippen molar-refractivity contribution in [3.05, 3.63) is 35.9 Å². The zero-order valence-electron chi connectivity index (χ0n) is 14.1. The normalized spacial score (nSPS) is 17.5. The Labute approximate surface area is 145 Å². The number of carbonyl (C=O) groups excluding carboxylic acids is 1. The molecular weight excluding hydrogens is 326 g/mol. The summed E-state index contributed by atoms with van der Waals surface area (Å²) in [6, 6.07) is 5.08. The molecule has 1 saturated heterocycles. The Balaban J connectivity index is 1.71. The number of aromatic nitrogens is 2. The largest absolute Gasteiger partial charge is 0.480 e. The van der Waals surface area contributed by atoms with Gasteiger partial charge in [-0.3, -0.25) is 14.3 Å². The first-order valence-electron chi connectivity index (χ1n) is 8.34. The molecule has 0 unspecified atom stereocenters. The van der Waals surface area contributed by atoms with E-state index in [2.05, 4.69) is 5.10 Å². The van der Waals surface area contributed by atoms with Crippen LogP contribution in [0.5, 0.6) is 5.95 Å². The number of nitrogens with zero attached hydrogens (tertiary/aromatic N) is 3. The summed E-state index contributed by atoms with van der Waals surface area (Å²) in [4.78, 5) is 25.4. The summed E-state index contributed by atoms with van der Waals surface area (Å²) >= 11 is 0. The van der Waals surface area contributed by atoms with Crippen LogP contribution in [0.15, 0.2) is 28.8 Å². The molecule has 3 rings (SSSR count). The molecule has 8 heteroatoms. The van der Waals surface area contributed by atoms with Gasteiger partial charge in [0.25, 0.3) is 11.9 Å². The Bertz CT molecular complexity index is 751. The zero-order chi connectivity index (χ0) is 17.8. The van der Waals surface area contributed by atoms with Gasteiger partial charge in [-0.2, -0.15) is 5.10 Å². The SMILES string of the molecule is CCOc1ccc(C(=O)N2CCC[C@H](c3ccnn3CC(=O)O)C2)o1. The lowest BCUT2D eigenvalue weighted by Crippen LogP contribution is -2.39. The van der Waals surface area contributed by atoms with Gasteiger partial charge in [-0.1, -0.05) is 0 Å². The van der Waals surface area contributed by atoms with E-state index in [1.807, 2.05) is 13.0 Å². The van der Waals surface area contributed by atoms with Crippen molar-refractivity contribution in [3.8, 4) is 5.95 Å². The van der Waals surface area contributed by atoms with E-state index in [4.69, 9.17) is 14.3 Å². The fourth-order valence-corrected chi connectivity index (χ4v) is 3.16. The van der Waals surface area contributed by atoms with E-state index in [1.54, 1.807) is 23.2 Å². The van der Waals surface area contributed by atoms with Crippen LogP contribution in [0.1, 0.15) is 41.9 Å². The molecule has 2 aromatic rings. The number of ether oxygens (including phenoxy) is 1. The molecule has 8 nitrogen and oxygen atoms in total. The number of amides is 1. The lowest BCUT2D eigenvalue weighted by Gasteiger charge is -2.32. The van der Waals surface area contributed by atoms with E-state index >= 15 is 0 Å². The number of carboxylic acid groups (broad SMARTS) is 1. The average molecular weight is 347 g/mol. The highest BCUT2D eigenvalue weighted by atomic mass is 16.6. The molecule has 1 aliphatic heterocycles. The van der Waals surface area contributed by atoms with E-state index in [0.717, 1.165) is 18.5 Å². The van der Waals surface area contributed by atoms with Gasteiger partial charge in [0, 0.05) is 37.0 Å². The minimum atomic E-state index is -0.937. The molecule has 0 aliphatic carbocycles. The first-order valence-corrected chi connectivity index (χ1v) is 8.34. The third-order valence-corrected chi connectivity index (χ3v) is 4.24. The maximum atomic E-state index is 12.7. The number of carboxylic acids is 1. The van der Waals surface area contributed by atoms with Crippen molar-refractivity contribution in [3.63, 3.8) is 0 Å². The molecule has 2 aromatic heterocycles. The summed E-state index contributed by atoms with van der Waals surface area (Å²) in [6.45, 7) is 3.30. The Morgan fingerprint density at radius 3 is 3.00 bits per heavy atom. The maximum Gasteiger partial charge on any atom is 0.325 e. The molecule has 1 atom stereocenters. The maximum absolute atomic E-state index is 12.7. The highest BCUT2D eigenvalue weighted by Gasteiger charge is 2.29. The van der Waals surface area contributed by atoms with Gasteiger partial charge in [0.1, 0.15) is 6.54 Å². The lowest BCUT2D eigenvalue weighted by molar-refractivity contribution is -0.137. The fraction of sp³-hybridized carbons (Fsp3) is 0.471. The Morgan fingerprint density at radius 1 is 1.40 bits per heavy atom. The summed E-state index contributed by atoms with van der Waals surface area (Å²) in [7, 11) is 0. The summed E-state index contributed by atoms with van der Waals surface area (Å²) in [5, 5.41) is 13.1. The number of carbonyl (C=O) groups is 2. The number of piperidine rings is 1. The number of rotatable bonds is 6. The van der Waals surface area contributed by atoms with Crippen LogP contribution in [0, 0.1) is 0 Å². The lowest BCUT2D eigenvalue weighted by atomic mass is 9.94. The predicted molar refractivity (Wildman–Crippen MR) is 87.6 cm³/mol. The fourth-order valence-electron chi connectivity index (χ4n) is 3.16. The monoisotopic (exact) mass is 347 g/mol. The summed E-state index contributed by atoms with van der Waals surface area (Å²) in [5.41, 5.74) is 0.842. The highest BCUT2D eigenvalue weighted by molar-refractivity contribution is 5.91. The van der Waals surface area contributed by atoms with E-state index < -0.39 is 5.97 Å². The van der Waals surface area contributed by atoms with Crippen LogP contribution < -0.4 is 4.74 Å². The second kappa shape index (κ2) is 7.42. The standard InChI is InChI=1S/C17H21N3O5/c1-2-24-16-6-5-14(25-16)17(23)19-9-3-4-12(10-19)13-7-8-18-20(13)11-15(21)22/h5-8,12H,2-4,9-11H2,1H3,(H,21,22)/t12-/m0/s1. The second-order valence-electron chi connectivity index (χ2n) is 5.95. The Hall–Kier alpha value is -2.77. The molecule has 0 radical (unpaired) electrons. The van der Waals surface area contributed by atoms with Crippen LogP contribution in [0.2, 0.25) is 0 Å². The van der Waals surface area contributed by atoms with Crippen molar-refractivity contribution < 1.29 is 23.8 Å². The first-order chi connectivity index (χ1) is 12.1. The van der Waals surface area contributed by atoms with Gasteiger partial charge < -0.3 is 19.2 Å². The van der Waals surface area contributed by atoms with Crippen LogP contribution in [-0.2, 0) is 11.3 Å². The van der Waals surface area contributed by atoms with Crippen molar-refractivity contribution >= 4 is 11.9 Å². The van der Waals surface area contributed by atoms with Crippen LogP contribution in [0.25, 0.3) is 0 Å². The number of hydrogen-bond acceptors (Lipinski definition) is 5. The molecule has 1 aliphatic rings. The van der Waals surface area contributed by atoms with Crippen molar-refractivity contribution in [1.29, 1.82) is 0 Å². The van der Waals surface area contributed by atoms with Crippen LogP contribution in [-0.4, -0.2) is 51.4 Å². The van der Waals surface area contributed by atoms with E-state index in [-0.39, 0.29) is 24.1 Å². The zero-order valence-corrected chi connectivity index (χ0v) is 14.1. The minimum Gasteiger partial charge on any atom is -0.480 e. The van der Waals surface area contributed by atoms with Gasteiger partial charge in [0.2, 0.25) is 0 Å². The predicted octanol–water partition coefficient (Wildman–Crippen LogP) is 1.98. The van der Waals surface area contributed by atoms with Gasteiger partial charge in [-0.15, -0.1) is 0 Å². The number of likely N-dealkylation sites (tertiary alicyclic amines) is 1. The van der Waals surface area contributed by atoms with E-state index in [9.17, 15) is 9.59 Å². The summed E-state index contributed by atoms with van der Waals surface area (Å²) in [5.74, 6) is -0.476. The summed E-state index contributed by atoms with van der Waals surface area (Å²) < 4.78 is 12.2. The van der Waals surface area contributed by atoms with Crippen LogP contribution in [0.3, 0.4) is 0 Å². The van der Waals surface area contributed by atoms with Gasteiger partial charge >= 0.3 is 5.97 Å². The molecule has 0 bridgehead atoms. The number of hydrogen-bond donors (Lipinski definition) is 1. The molecular formula is C17H21N3O5. The molecule has 0 aromatic carbocycles. The topological polar surface area (TPSA) is 97.8 Å². The molecule has 3 heterocycles. The quantitative estimate of drug-likeness (QED) is 0.858. The summed E-state index contributed by atoms with van der Waals surface area (Å²) in [6.07, 6.45) is 3.32. The third kappa shape index (κ3) is 3.84. The third-order valence-electron chi connectivity index (χ3n) is 4.24. The van der Waals surface area contributed by atoms with E-state index in [1.165, 1.54) is 4.68 Å². The molecule has 134 valence electrons. The van der Waals surface area contributed by atoms with Crippen molar-refractivity contribution in [1.82, 2.24) is 14.7 Å². The van der Waals surface area contributed by atoms with Crippen molar-refractivity contribution in [2.24, 2.45) is 0 Å². The van der Waals surface area contributed by atoms with Gasteiger partial charge in [0.05, 0.1) is 6.61 Å². The van der Waals surface area contributed by atoms with Crippen LogP contribution >= 0.6 is 0 Å². The highest BCUT2D eigenvalue weighted by Crippen LogP contribution is 2.28. The Kier molecular flexibility index (Phi) is 5.06. The molecule has 1 N–H and O–H groups in total.